The molecule has 0 unspecified atom stereocenters. The van der Waals surface area contributed by atoms with Crippen LogP contribution in [0.4, 0.5) is 0 Å². The topological polar surface area (TPSA) is 57.8 Å². The van der Waals surface area contributed by atoms with E-state index >= 15 is 0 Å². The molecule has 1 atom stereocenters. The molecule has 4 aromatic rings. The molecule has 0 saturated heterocycles. The second kappa shape index (κ2) is 8.67. The molecule has 1 heterocycles. The van der Waals surface area contributed by atoms with Crippen LogP contribution in [0.25, 0.3) is 0 Å². The first-order chi connectivity index (χ1) is 14.3. The van der Waals surface area contributed by atoms with Gasteiger partial charge in [-0.3, -0.25) is 5.32 Å². The number of nitrogens with zero attached hydrogens (tertiary/aromatic N) is 1. The van der Waals surface area contributed by atoms with E-state index in [1.54, 1.807) is 12.5 Å². The van der Waals surface area contributed by atoms with Gasteiger partial charge in [-0.05, 0) is 16.7 Å². The van der Waals surface area contributed by atoms with E-state index in [-0.39, 0.29) is 0 Å². The van der Waals surface area contributed by atoms with Crippen molar-refractivity contribution in [1.29, 1.82) is 0 Å². The Bertz CT molecular complexity index is 919. The molecule has 0 amide bonds. The van der Waals surface area contributed by atoms with Gasteiger partial charge in [-0.15, -0.1) is 0 Å². The molecular weight excluding hydrogens is 358 g/mol. The van der Waals surface area contributed by atoms with E-state index in [1.165, 1.54) is 0 Å². The SMILES string of the molecule is O=C[C@@H](Cc1cnc[nH]1)NC(c1ccccc1)(c1ccccc1)c1ccccc1. The molecular formula is C25H23N3O. The Morgan fingerprint density at radius 2 is 1.31 bits per heavy atom. The highest BCUT2D eigenvalue weighted by Crippen LogP contribution is 2.37. The number of carbonyl (C=O) groups is 1. The zero-order valence-electron chi connectivity index (χ0n) is 16.0. The molecule has 0 aliphatic rings. The second-order valence-corrected chi connectivity index (χ2v) is 7.02. The van der Waals surface area contributed by atoms with Crippen molar-refractivity contribution in [2.75, 3.05) is 0 Å². The first kappa shape index (κ1) is 18.8. The van der Waals surface area contributed by atoms with E-state index in [9.17, 15) is 4.79 Å². The second-order valence-electron chi connectivity index (χ2n) is 7.02. The van der Waals surface area contributed by atoms with Crippen LogP contribution in [-0.2, 0) is 16.8 Å². The van der Waals surface area contributed by atoms with E-state index in [4.69, 9.17) is 0 Å². The van der Waals surface area contributed by atoms with Crippen LogP contribution in [0.1, 0.15) is 22.4 Å². The molecule has 0 spiro atoms. The van der Waals surface area contributed by atoms with Gasteiger partial charge in [0.2, 0.25) is 0 Å². The lowest BCUT2D eigenvalue weighted by Crippen LogP contribution is -2.51. The number of aldehydes is 1. The summed E-state index contributed by atoms with van der Waals surface area (Å²) in [4.78, 5) is 19.3. The third-order valence-corrected chi connectivity index (χ3v) is 5.18. The number of nitrogens with one attached hydrogen (secondary N) is 2. The van der Waals surface area contributed by atoms with Crippen molar-refractivity contribution in [3.8, 4) is 0 Å². The van der Waals surface area contributed by atoms with Gasteiger partial charge in [0.05, 0.1) is 17.9 Å². The van der Waals surface area contributed by atoms with Gasteiger partial charge in [-0.1, -0.05) is 91.0 Å². The molecule has 3 aromatic carbocycles. The minimum Gasteiger partial charge on any atom is -0.348 e. The quantitative estimate of drug-likeness (QED) is 0.357. The molecule has 0 radical (unpaired) electrons. The molecule has 0 saturated carbocycles. The van der Waals surface area contributed by atoms with Gasteiger partial charge >= 0.3 is 0 Å². The van der Waals surface area contributed by atoms with Crippen LogP contribution in [0.3, 0.4) is 0 Å². The maximum atomic E-state index is 12.1. The normalized spacial score (nSPS) is 12.4. The first-order valence-corrected chi connectivity index (χ1v) is 9.70. The number of aromatic nitrogens is 2. The molecule has 0 bridgehead atoms. The van der Waals surface area contributed by atoms with Gasteiger partial charge in [0, 0.05) is 18.3 Å². The zero-order valence-corrected chi connectivity index (χ0v) is 16.0. The Hall–Kier alpha value is -3.50. The highest BCUT2D eigenvalue weighted by Gasteiger charge is 2.38. The summed E-state index contributed by atoms with van der Waals surface area (Å²) in [5, 5.41) is 3.69. The van der Waals surface area contributed by atoms with Crippen LogP contribution in [0.15, 0.2) is 104 Å². The molecule has 2 N–H and O–H groups in total. The fourth-order valence-corrected chi connectivity index (χ4v) is 3.86. The number of hydrogen-bond acceptors (Lipinski definition) is 3. The number of H-pyrrole nitrogens is 1. The van der Waals surface area contributed by atoms with E-state index < -0.39 is 11.6 Å². The fraction of sp³-hybridized carbons (Fsp3) is 0.120. The van der Waals surface area contributed by atoms with E-state index in [0.717, 1.165) is 28.7 Å². The van der Waals surface area contributed by atoms with Crippen molar-refractivity contribution in [3.63, 3.8) is 0 Å². The van der Waals surface area contributed by atoms with Gasteiger partial charge in [0.15, 0.2) is 0 Å². The highest BCUT2D eigenvalue weighted by atomic mass is 16.1. The van der Waals surface area contributed by atoms with Crippen molar-refractivity contribution in [1.82, 2.24) is 15.3 Å². The number of aromatic amines is 1. The fourth-order valence-electron chi connectivity index (χ4n) is 3.86. The minimum atomic E-state index is -0.671. The van der Waals surface area contributed by atoms with E-state index in [0.29, 0.717) is 6.42 Å². The smallest absolute Gasteiger partial charge is 0.137 e. The molecule has 29 heavy (non-hydrogen) atoms. The zero-order chi connectivity index (χ0) is 19.9. The lowest BCUT2D eigenvalue weighted by atomic mass is 9.76. The highest BCUT2D eigenvalue weighted by molar-refractivity contribution is 5.60. The molecule has 0 fully saturated rings. The Morgan fingerprint density at radius 3 is 1.69 bits per heavy atom. The third-order valence-electron chi connectivity index (χ3n) is 5.18. The van der Waals surface area contributed by atoms with Gasteiger partial charge in [0.25, 0.3) is 0 Å². The number of benzene rings is 3. The Balaban J connectivity index is 1.88. The summed E-state index contributed by atoms with van der Waals surface area (Å²) in [5.41, 5.74) is 3.48. The summed E-state index contributed by atoms with van der Waals surface area (Å²) in [5.74, 6) is 0. The van der Waals surface area contributed by atoms with Gasteiger partial charge < -0.3 is 9.78 Å². The maximum Gasteiger partial charge on any atom is 0.137 e. The molecule has 4 rings (SSSR count). The van der Waals surface area contributed by atoms with Gasteiger partial charge in [0.1, 0.15) is 6.29 Å². The number of carbonyl (C=O) groups excluding carboxylic acids is 1. The average Bonchev–Trinajstić information content (AvgIpc) is 3.31. The van der Waals surface area contributed by atoms with Gasteiger partial charge in [-0.2, -0.15) is 0 Å². The van der Waals surface area contributed by atoms with E-state index in [1.807, 2.05) is 54.6 Å². The largest absolute Gasteiger partial charge is 0.348 e. The first-order valence-electron chi connectivity index (χ1n) is 9.70. The van der Waals surface area contributed by atoms with Crippen molar-refractivity contribution >= 4 is 6.29 Å². The molecule has 0 aliphatic carbocycles. The average molecular weight is 381 g/mol. The van der Waals surface area contributed by atoms with Gasteiger partial charge in [-0.25, -0.2) is 4.98 Å². The minimum absolute atomic E-state index is 0.406. The summed E-state index contributed by atoms with van der Waals surface area (Å²) in [6.07, 6.45) is 4.89. The summed E-state index contributed by atoms with van der Waals surface area (Å²) in [7, 11) is 0. The summed E-state index contributed by atoms with van der Waals surface area (Å²) >= 11 is 0. The Kier molecular flexibility index (Phi) is 5.63. The summed E-state index contributed by atoms with van der Waals surface area (Å²) < 4.78 is 0. The molecule has 4 heteroatoms. The maximum absolute atomic E-state index is 12.1. The summed E-state index contributed by atoms with van der Waals surface area (Å²) in [6.45, 7) is 0. The van der Waals surface area contributed by atoms with Crippen LogP contribution in [0, 0.1) is 0 Å². The van der Waals surface area contributed by atoms with Crippen molar-refractivity contribution < 1.29 is 4.79 Å². The number of hydrogen-bond donors (Lipinski definition) is 2. The van der Waals surface area contributed by atoms with Crippen molar-refractivity contribution in [2.45, 2.75) is 18.0 Å². The van der Waals surface area contributed by atoms with Crippen molar-refractivity contribution in [2.24, 2.45) is 0 Å². The van der Waals surface area contributed by atoms with Crippen LogP contribution >= 0.6 is 0 Å². The predicted octanol–water partition coefficient (Wildman–Crippen LogP) is 4.10. The molecule has 0 aliphatic heterocycles. The van der Waals surface area contributed by atoms with E-state index in [2.05, 4.69) is 51.7 Å². The molecule has 1 aromatic heterocycles. The van der Waals surface area contributed by atoms with Crippen LogP contribution in [-0.4, -0.2) is 22.3 Å². The number of rotatable bonds is 8. The monoisotopic (exact) mass is 381 g/mol. The van der Waals surface area contributed by atoms with Crippen molar-refractivity contribution in [3.05, 3.63) is 126 Å². The lowest BCUT2D eigenvalue weighted by Gasteiger charge is -2.39. The Morgan fingerprint density at radius 1 is 0.828 bits per heavy atom. The molecule has 4 nitrogen and oxygen atoms in total. The van der Waals surface area contributed by atoms with Crippen LogP contribution in [0.2, 0.25) is 0 Å². The summed E-state index contributed by atoms with van der Waals surface area (Å²) in [6, 6.07) is 30.4. The predicted molar refractivity (Wildman–Crippen MR) is 114 cm³/mol. The Labute approximate surface area is 170 Å². The number of imidazole rings is 1. The third kappa shape index (κ3) is 3.89. The standard InChI is InChI=1S/C25H23N3O/c29-18-24(16-23-17-26-19-27-23)28-25(20-10-4-1-5-11-20,21-12-6-2-7-13-21)22-14-8-3-9-15-22/h1-15,17-19,24,28H,16H2,(H,26,27)/t24-/m1/s1. The van der Waals surface area contributed by atoms with Crippen LogP contribution < -0.4 is 5.32 Å². The molecule has 144 valence electrons. The van der Waals surface area contributed by atoms with Crippen LogP contribution in [0.5, 0.6) is 0 Å². The lowest BCUT2D eigenvalue weighted by molar-refractivity contribution is -0.109.